The van der Waals surface area contributed by atoms with Gasteiger partial charge in [-0.05, 0) is 27.7 Å². The minimum atomic E-state index is -2.95. The monoisotopic (exact) mass is 230 g/mol. The maximum absolute atomic E-state index is 11.6. The highest BCUT2D eigenvalue weighted by Gasteiger charge is 2.16. The second kappa shape index (κ2) is 4.35. The van der Waals surface area contributed by atoms with Gasteiger partial charge in [0, 0.05) is 12.2 Å². The van der Waals surface area contributed by atoms with Gasteiger partial charge in [-0.15, -0.1) is 0 Å². The molecule has 4 nitrogen and oxygen atoms in total. The summed E-state index contributed by atoms with van der Waals surface area (Å²) < 4.78 is 25.1. The van der Waals surface area contributed by atoms with Crippen LogP contribution in [-0.4, -0.2) is 29.0 Å². The molecule has 0 bridgehead atoms. The molecule has 0 aliphatic carbocycles. The van der Waals surface area contributed by atoms with Gasteiger partial charge in [-0.3, -0.25) is 0 Å². The molecule has 0 aliphatic rings. The number of imidazole rings is 1. The molecule has 0 amide bonds. The van der Waals surface area contributed by atoms with Gasteiger partial charge in [0.25, 0.3) is 0 Å². The Kier molecular flexibility index (Phi) is 3.54. The van der Waals surface area contributed by atoms with Crippen LogP contribution in [-0.2, 0) is 16.4 Å². The quantitative estimate of drug-likeness (QED) is 0.784. The van der Waals surface area contributed by atoms with E-state index in [2.05, 4.69) is 4.98 Å². The molecule has 0 spiro atoms. The average Bonchev–Trinajstić information content (AvgIpc) is 2.45. The van der Waals surface area contributed by atoms with Gasteiger partial charge >= 0.3 is 0 Å². The maximum Gasteiger partial charge on any atom is 0.154 e. The predicted octanol–water partition coefficient (Wildman–Crippen LogP) is 1.32. The largest absolute Gasteiger partial charge is 0.334 e. The van der Waals surface area contributed by atoms with E-state index in [1.165, 1.54) is 0 Å². The Morgan fingerprint density at radius 3 is 2.40 bits per heavy atom. The summed E-state index contributed by atoms with van der Waals surface area (Å²) in [5.41, 5.74) is 1.99. The summed E-state index contributed by atoms with van der Waals surface area (Å²) in [5, 5.41) is -0.303. The lowest BCUT2D eigenvalue weighted by Crippen LogP contribution is -2.21. The molecule has 15 heavy (non-hydrogen) atoms. The van der Waals surface area contributed by atoms with Crippen LogP contribution >= 0.6 is 0 Å². The van der Waals surface area contributed by atoms with E-state index in [4.69, 9.17) is 0 Å². The van der Waals surface area contributed by atoms with E-state index in [1.807, 2.05) is 18.4 Å². The van der Waals surface area contributed by atoms with Gasteiger partial charge in [-0.25, -0.2) is 13.4 Å². The average molecular weight is 230 g/mol. The van der Waals surface area contributed by atoms with E-state index in [0.717, 1.165) is 11.4 Å². The molecule has 1 aromatic heterocycles. The molecular weight excluding hydrogens is 212 g/mol. The summed E-state index contributed by atoms with van der Waals surface area (Å²) >= 11 is 0. The Labute approximate surface area is 91.3 Å². The molecular formula is C10H18N2O2S. The molecule has 0 fully saturated rings. The lowest BCUT2D eigenvalue weighted by molar-refractivity contribution is 0.579. The molecule has 0 saturated heterocycles. The van der Waals surface area contributed by atoms with Crippen molar-refractivity contribution in [1.82, 2.24) is 9.55 Å². The Morgan fingerprint density at radius 2 is 2.00 bits per heavy atom. The fourth-order valence-corrected chi connectivity index (χ4v) is 2.15. The molecule has 1 rings (SSSR count). The second-order valence-corrected chi connectivity index (χ2v) is 6.70. The predicted molar refractivity (Wildman–Crippen MR) is 60.6 cm³/mol. The molecule has 0 aromatic carbocycles. The van der Waals surface area contributed by atoms with Crippen LogP contribution in [0, 0.1) is 13.8 Å². The Balaban J connectivity index is 2.70. The van der Waals surface area contributed by atoms with Crippen molar-refractivity contribution >= 4 is 9.84 Å². The number of hydrogen-bond donors (Lipinski definition) is 0. The van der Waals surface area contributed by atoms with E-state index in [0.29, 0.717) is 6.54 Å². The first-order chi connectivity index (χ1) is 6.84. The lowest BCUT2D eigenvalue weighted by atomic mass is 10.4. The first kappa shape index (κ1) is 12.2. The third kappa shape index (κ3) is 2.81. The van der Waals surface area contributed by atoms with Gasteiger partial charge in [-0.2, -0.15) is 0 Å². The second-order valence-electron chi connectivity index (χ2n) is 4.02. The van der Waals surface area contributed by atoms with Crippen LogP contribution in [0.5, 0.6) is 0 Å². The molecule has 0 unspecified atom stereocenters. The van der Waals surface area contributed by atoms with Crippen molar-refractivity contribution in [3.63, 3.8) is 0 Å². The Hall–Kier alpha value is -0.840. The number of rotatable bonds is 4. The van der Waals surface area contributed by atoms with Crippen LogP contribution in [0.4, 0.5) is 0 Å². The van der Waals surface area contributed by atoms with Crippen LogP contribution in [0.1, 0.15) is 25.2 Å². The number of aryl methyl sites for hydroxylation is 2. The molecule has 1 aromatic rings. The number of hydrogen-bond acceptors (Lipinski definition) is 3. The highest BCUT2D eigenvalue weighted by Crippen LogP contribution is 2.07. The van der Waals surface area contributed by atoms with Gasteiger partial charge in [0.15, 0.2) is 9.84 Å². The van der Waals surface area contributed by atoms with Crippen molar-refractivity contribution in [2.75, 3.05) is 5.75 Å². The van der Waals surface area contributed by atoms with Crippen LogP contribution < -0.4 is 0 Å². The van der Waals surface area contributed by atoms with Gasteiger partial charge in [-0.1, -0.05) is 0 Å². The highest BCUT2D eigenvalue weighted by atomic mass is 32.2. The zero-order valence-corrected chi connectivity index (χ0v) is 10.5. The van der Waals surface area contributed by atoms with Crippen molar-refractivity contribution in [2.24, 2.45) is 0 Å². The molecule has 0 N–H and O–H groups in total. The fraction of sp³-hybridized carbons (Fsp3) is 0.700. The van der Waals surface area contributed by atoms with Gasteiger partial charge in [0.2, 0.25) is 0 Å². The first-order valence-corrected chi connectivity index (χ1v) is 6.76. The number of nitrogens with zero attached hydrogens (tertiary/aromatic N) is 2. The zero-order chi connectivity index (χ0) is 11.6. The molecule has 5 heteroatoms. The molecule has 0 atom stereocenters. The van der Waals surface area contributed by atoms with Crippen molar-refractivity contribution in [3.8, 4) is 0 Å². The lowest BCUT2D eigenvalue weighted by Gasteiger charge is -2.09. The van der Waals surface area contributed by atoms with E-state index >= 15 is 0 Å². The molecule has 1 heterocycles. The molecule has 0 saturated carbocycles. The van der Waals surface area contributed by atoms with Crippen molar-refractivity contribution in [2.45, 2.75) is 39.5 Å². The summed E-state index contributed by atoms with van der Waals surface area (Å²) in [6.07, 6.45) is 1.69. The standard InChI is InChI=1S/C10H18N2O2S/c1-8(2)15(13,14)6-5-12-7-11-9(3)10(12)4/h7-8H,5-6H2,1-4H3. The minimum Gasteiger partial charge on any atom is -0.334 e. The van der Waals surface area contributed by atoms with Crippen LogP contribution in [0.15, 0.2) is 6.33 Å². The summed E-state index contributed by atoms with van der Waals surface area (Å²) in [4.78, 5) is 4.13. The Bertz CT molecular complexity index is 432. The SMILES string of the molecule is Cc1ncn(CCS(=O)(=O)C(C)C)c1C. The molecule has 0 radical (unpaired) electrons. The van der Waals surface area contributed by atoms with E-state index in [1.54, 1.807) is 20.2 Å². The van der Waals surface area contributed by atoms with Gasteiger partial charge in [0.05, 0.1) is 23.0 Å². The highest BCUT2D eigenvalue weighted by molar-refractivity contribution is 7.91. The van der Waals surface area contributed by atoms with Crippen molar-refractivity contribution in [1.29, 1.82) is 0 Å². The number of aromatic nitrogens is 2. The van der Waals surface area contributed by atoms with E-state index in [-0.39, 0.29) is 11.0 Å². The minimum absolute atomic E-state index is 0.182. The summed E-state index contributed by atoms with van der Waals surface area (Å²) in [6, 6.07) is 0. The van der Waals surface area contributed by atoms with E-state index in [9.17, 15) is 8.42 Å². The van der Waals surface area contributed by atoms with Crippen molar-refractivity contribution < 1.29 is 8.42 Å². The van der Waals surface area contributed by atoms with Crippen LogP contribution in [0.3, 0.4) is 0 Å². The normalized spacial score (nSPS) is 12.3. The third-order valence-electron chi connectivity index (χ3n) is 2.68. The van der Waals surface area contributed by atoms with Gasteiger partial charge < -0.3 is 4.57 Å². The summed E-state index contributed by atoms with van der Waals surface area (Å²) in [7, 11) is -2.95. The fourth-order valence-electron chi connectivity index (χ4n) is 1.23. The number of sulfone groups is 1. The maximum atomic E-state index is 11.6. The Morgan fingerprint density at radius 1 is 1.40 bits per heavy atom. The van der Waals surface area contributed by atoms with Gasteiger partial charge in [0.1, 0.15) is 0 Å². The topological polar surface area (TPSA) is 52.0 Å². The first-order valence-electron chi connectivity index (χ1n) is 5.04. The molecule has 0 aliphatic heterocycles. The zero-order valence-electron chi connectivity index (χ0n) is 9.69. The molecule has 86 valence electrons. The summed E-state index contributed by atoms with van der Waals surface area (Å²) in [6.45, 7) is 7.78. The van der Waals surface area contributed by atoms with Crippen LogP contribution in [0.2, 0.25) is 0 Å². The smallest absolute Gasteiger partial charge is 0.154 e. The van der Waals surface area contributed by atoms with Crippen molar-refractivity contribution in [3.05, 3.63) is 17.7 Å². The summed E-state index contributed by atoms with van der Waals surface area (Å²) in [5.74, 6) is 0.182. The van der Waals surface area contributed by atoms with Crippen LogP contribution in [0.25, 0.3) is 0 Å². The third-order valence-corrected chi connectivity index (χ3v) is 4.87. The van der Waals surface area contributed by atoms with E-state index < -0.39 is 9.84 Å².